The third-order valence-electron chi connectivity index (χ3n) is 5.62. The van der Waals surface area contributed by atoms with Crippen LogP contribution in [-0.2, 0) is 25.4 Å². The highest BCUT2D eigenvalue weighted by Gasteiger charge is 2.36. The molecule has 1 aliphatic heterocycles. The van der Waals surface area contributed by atoms with Gasteiger partial charge >= 0.3 is 5.97 Å². The average Bonchev–Trinajstić information content (AvgIpc) is 2.87. The van der Waals surface area contributed by atoms with Gasteiger partial charge in [-0.1, -0.05) is 42.5 Å². The minimum absolute atomic E-state index is 0.0910. The summed E-state index contributed by atoms with van der Waals surface area (Å²) in [5, 5.41) is 12.8. The van der Waals surface area contributed by atoms with Crippen molar-refractivity contribution >= 4 is 11.9 Å². The van der Waals surface area contributed by atoms with Crippen LogP contribution in [0.4, 0.5) is 0 Å². The van der Waals surface area contributed by atoms with Crippen LogP contribution in [0.1, 0.15) is 29.9 Å². The van der Waals surface area contributed by atoms with Gasteiger partial charge in [0, 0.05) is 18.2 Å². The molecule has 9 heteroatoms. The van der Waals surface area contributed by atoms with Crippen molar-refractivity contribution in [1.29, 1.82) is 0 Å². The number of esters is 1. The molecule has 188 valence electrons. The quantitative estimate of drug-likeness (QED) is 0.434. The monoisotopic (exact) mass is 484 g/mol. The van der Waals surface area contributed by atoms with Crippen molar-refractivity contribution in [2.75, 3.05) is 26.9 Å². The van der Waals surface area contributed by atoms with Crippen molar-refractivity contribution in [2.45, 2.75) is 38.5 Å². The summed E-state index contributed by atoms with van der Waals surface area (Å²) in [6, 6.07) is 10.2. The predicted octanol–water partition coefficient (Wildman–Crippen LogP) is 2.68. The Balaban J connectivity index is 1.78. The molecule has 1 amide bonds. The Kier molecular flexibility index (Phi) is 9.22. The van der Waals surface area contributed by atoms with Crippen LogP contribution in [0.15, 0.2) is 54.7 Å². The summed E-state index contributed by atoms with van der Waals surface area (Å²) in [6.07, 6.45) is 0.919. The van der Waals surface area contributed by atoms with E-state index in [0.717, 1.165) is 11.1 Å². The molecule has 3 rings (SSSR count). The van der Waals surface area contributed by atoms with Crippen LogP contribution in [-0.4, -0.2) is 67.1 Å². The molecule has 9 nitrogen and oxygen atoms in total. The van der Waals surface area contributed by atoms with Crippen LogP contribution >= 0.6 is 0 Å². The molecular weight excluding hydrogens is 452 g/mol. The highest BCUT2D eigenvalue weighted by atomic mass is 16.6. The number of aromatic hydroxyl groups is 1. The molecular formula is C26H32N2O7. The molecule has 1 aliphatic rings. The summed E-state index contributed by atoms with van der Waals surface area (Å²) in [5.74, 6) is -1.87. The third-order valence-corrected chi connectivity index (χ3v) is 5.62. The number of rotatable bonds is 8. The molecule has 4 unspecified atom stereocenters. The molecule has 0 radical (unpaired) electrons. The van der Waals surface area contributed by atoms with Gasteiger partial charge in [-0.15, -0.1) is 0 Å². The molecule has 1 saturated heterocycles. The van der Waals surface area contributed by atoms with E-state index in [1.54, 1.807) is 6.92 Å². The standard InChI is InChI=1S/C26H32N2O7/c1-16(2)13-34-24-17(3)35-26(31)20(15-33-14-19(24)12-18-8-6-5-7-9-18)28-25(30)22-23(29)21(32-4)10-11-27-22/h5-11,17,19-20,24,29H,1,12-15H2,2-4H3,(H,28,30). The SMILES string of the molecule is C=C(C)COC1C(Cc2ccccc2)COCC(NC(=O)c2nccc(OC)c2O)C(=O)OC1C. The number of methoxy groups -OCH3 is 1. The molecule has 4 atom stereocenters. The van der Waals surface area contributed by atoms with Crippen molar-refractivity contribution < 1.29 is 33.6 Å². The number of carbonyl (C=O) groups excluding carboxylic acids is 2. The van der Waals surface area contributed by atoms with Crippen LogP contribution in [0.5, 0.6) is 11.5 Å². The fourth-order valence-corrected chi connectivity index (χ4v) is 3.91. The molecule has 1 fully saturated rings. The summed E-state index contributed by atoms with van der Waals surface area (Å²) in [4.78, 5) is 29.6. The van der Waals surface area contributed by atoms with Crippen LogP contribution < -0.4 is 10.1 Å². The Hall–Kier alpha value is -3.43. The lowest BCUT2D eigenvalue weighted by molar-refractivity contribution is -0.159. The number of ether oxygens (including phenoxy) is 4. The van der Waals surface area contributed by atoms with Gasteiger partial charge in [0.15, 0.2) is 23.2 Å². The van der Waals surface area contributed by atoms with Crippen LogP contribution in [0.3, 0.4) is 0 Å². The van der Waals surface area contributed by atoms with E-state index in [4.69, 9.17) is 18.9 Å². The van der Waals surface area contributed by atoms with E-state index in [-0.39, 0.29) is 30.6 Å². The molecule has 0 saturated carbocycles. The van der Waals surface area contributed by atoms with Gasteiger partial charge in [0.05, 0.1) is 33.0 Å². The van der Waals surface area contributed by atoms with E-state index in [1.165, 1.54) is 19.4 Å². The third kappa shape index (κ3) is 7.03. The van der Waals surface area contributed by atoms with Crippen LogP contribution in [0, 0.1) is 5.92 Å². The first-order chi connectivity index (χ1) is 16.8. The van der Waals surface area contributed by atoms with Crippen molar-refractivity contribution in [3.05, 3.63) is 66.0 Å². The topological polar surface area (TPSA) is 116 Å². The number of cyclic esters (lactones) is 1. The Labute approximate surface area is 205 Å². The Morgan fingerprint density at radius 2 is 2.00 bits per heavy atom. The lowest BCUT2D eigenvalue weighted by Crippen LogP contribution is -2.46. The van der Waals surface area contributed by atoms with E-state index in [2.05, 4.69) is 16.9 Å². The number of amides is 1. The summed E-state index contributed by atoms with van der Waals surface area (Å²) < 4.78 is 22.7. The summed E-state index contributed by atoms with van der Waals surface area (Å²) >= 11 is 0. The first-order valence-electron chi connectivity index (χ1n) is 11.4. The van der Waals surface area contributed by atoms with Crippen LogP contribution in [0.25, 0.3) is 0 Å². The first kappa shape index (κ1) is 26.2. The van der Waals surface area contributed by atoms with Gasteiger partial charge in [0.1, 0.15) is 6.10 Å². The molecule has 2 heterocycles. The smallest absolute Gasteiger partial charge is 0.331 e. The molecule has 1 aromatic heterocycles. The maximum atomic E-state index is 13.0. The maximum Gasteiger partial charge on any atom is 0.331 e. The summed E-state index contributed by atoms with van der Waals surface area (Å²) in [6.45, 7) is 8.01. The fraction of sp³-hybridized carbons (Fsp3) is 0.423. The molecule has 0 spiro atoms. The van der Waals surface area contributed by atoms with Crippen molar-refractivity contribution in [3.8, 4) is 11.5 Å². The minimum atomic E-state index is -1.10. The van der Waals surface area contributed by atoms with Gasteiger partial charge < -0.3 is 29.4 Å². The van der Waals surface area contributed by atoms with Crippen LogP contribution in [0.2, 0.25) is 0 Å². The molecule has 0 bridgehead atoms. The van der Waals surface area contributed by atoms with Gasteiger partial charge in [0.2, 0.25) is 0 Å². The number of pyridine rings is 1. The zero-order chi connectivity index (χ0) is 25.4. The van der Waals surface area contributed by atoms with Gasteiger partial charge in [-0.25, -0.2) is 9.78 Å². The Bertz CT molecular complexity index is 1030. The fourth-order valence-electron chi connectivity index (χ4n) is 3.91. The maximum absolute atomic E-state index is 13.0. The van der Waals surface area contributed by atoms with E-state index >= 15 is 0 Å². The molecule has 2 aromatic rings. The number of aromatic nitrogens is 1. The van der Waals surface area contributed by atoms with Gasteiger partial charge in [-0.05, 0) is 25.8 Å². The summed E-state index contributed by atoms with van der Waals surface area (Å²) in [5.41, 5.74) is 1.68. The zero-order valence-corrected chi connectivity index (χ0v) is 20.2. The Morgan fingerprint density at radius 1 is 1.26 bits per heavy atom. The first-order valence-corrected chi connectivity index (χ1v) is 11.4. The number of hydrogen-bond acceptors (Lipinski definition) is 8. The van der Waals surface area contributed by atoms with E-state index in [0.29, 0.717) is 13.0 Å². The Morgan fingerprint density at radius 3 is 2.69 bits per heavy atom. The van der Waals surface area contributed by atoms with Gasteiger partial charge in [-0.3, -0.25) is 4.79 Å². The summed E-state index contributed by atoms with van der Waals surface area (Å²) in [7, 11) is 1.36. The number of hydrogen-bond donors (Lipinski definition) is 2. The van der Waals surface area contributed by atoms with Gasteiger partial charge in [0.25, 0.3) is 5.91 Å². The molecule has 1 aromatic carbocycles. The van der Waals surface area contributed by atoms with Crippen molar-refractivity contribution in [1.82, 2.24) is 10.3 Å². The molecule has 0 aliphatic carbocycles. The lowest BCUT2D eigenvalue weighted by atomic mass is 9.91. The predicted molar refractivity (Wildman–Crippen MR) is 128 cm³/mol. The van der Waals surface area contributed by atoms with Crippen molar-refractivity contribution in [3.63, 3.8) is 0 Å². The highest BCUT2D eigenvalue weighted by molar-refractivity contribution is 5.98. The largest absolute Gasteiger partial charge is 0.503 e. The average molecular weight is 485 g/mol. The van der Waals surface area contributed by atoms with Crippen molar-refractivity contribution in [2.24, 2.45) is 5.92 Å². The number of carbonyl (C=O) groups is 2. The molecule has 2 N–H and O–H groups in total. The van der Waals surface area contributed by atoms with Gasteiger partial charge in [-0.2, -0.15) is 0 Å². The minimum Gasteiger partial charge on any atom is -0.503 e. The second-order valence-electron chi connectivity index (χ2n) is 8.60. The number of nitrogens with one attached hydrogen (secondary N) is 1. The van der Waals surface area contributed by atoms with E-state index in [1.807, 2.05) is 37.3 Å². The lowest BCUT2D eigenvalue weighted by Gasteiger charge is -2.31. The second kappa shape index (κ2) is 12.3. The van der Waals surface area contributed by atoms with E-state index < -0.39 is 35.9 Å². The normalized spacial score (nSPS) is 22.8. The molecule has 35 heavy (non-hydrogen) atoms. The second-order valence-corrected chi connectivity index (χ2v) is 8.60. The number of nitrogens with zero attached hydrogens (tertiary/aromatic N) is 1. The highest BCUT2D eigenvalue weighted by Crippen LogP contribution is 2.28. The zero-order valence-electron chi connectivity index (χ0n) is 20.2. The number of benzene rings is 1. The van der Waals surface area contributed by atoms with E-state index in [9.17, 15) is 14.7 Å².